The number of carbonyl (C=O) groups is 2. The third-order valence-electron chi connectivity index (χ3n) is 4.90. The van der Waals surface area contributed by atoms with Crippen molar-refractivity contribution in [2.75, 3.05) is 33.6 Å². The molecule has 0 aliphatic rings. The molecular weight excluding hydrogens is 534 g/mol. The van der Waals surface area contributed by atoms with Gasteiger partial charge in [-0.2, -0.15) is 8.42 Å². The SMILES string of the molecule is C=CCc1cccc(OC)c1.CCC.COC(CC(CN)OS(C)(=O)=O)C(=O)NCC(=O)NCc1ccccc1. The molecule has 0 spiro atoms. The fourth-order valence-corrected chi connectivity index (χ4v) is 3.73. The van der Waals surface area contributed by atoms with Crippen molar-refractivity contribution in [1.82, 2.24) is 10.6 Å². The molecule has 0 saturated heterocycles. The number of carbonyl (C=O) groups excluding carboxylic acids is 2. The summed E-state index contributed by atoms with van der Waals surface area (Å²) in [6, 6.07) is 17.3. The lowest BCUT2D eigenvalue weighted by atomic mass is 10.1. The van der Waals surface area contributed by atoms with Crippen LogP contribution in [0.4, 0.5) is 0 Å². The quantitative estimate of drug-likeness (QED) is 0.229. The van der Waals surface area contributed by atoms with Gasteiger partial charge in [0.05, 0.1) is 26.0 Å². The average molecular weight is 580 g/mol. The number of hydrogen-bond acceptors (Lipinski definition) is 8. The molecule has 2 aromatic carbocycles. The zero-order valence-electron chi connectivity index (χ0n) is 24.2. The molecule has 2 aromatic rings. The van der Waals surface area contributed by atoms with Gasteiger partial charge in [-0.05, 0) is 29.7 Å². The van der Waals surface area contributed by atoms with Crippen LogP contribution in [0.2, 0.25) is 0 Å². The fourth-order valence-electron chi connectivity index (χ4n) is 3.08. The van der Waals surface area contributed by atoms with Crippen molar-refractivity contribution in [3.63, 3.8) is 0 Å². The minimum absolute atomic E-state index is 0.0580. The first-order chi connectivity index (χ1) is 19.0. The Bertz CT molecular complexity index is 1100. The minimum Gasteiger partial charge on any atom is -0.497 e. The van der Waals surface area contributed by atoms with Crippen molar-refractivity contribution < 1.29 is 31.7 Å². The summed E-state index contributed by atoms with van der Waals surface area (Å²) < 4.78 is 37.2. The molecule has 0 aliphatic carbocycles. The van der Waals surface area contributed by atoms with Gasteiger partial charge in [0, 0.05) is 26.6 Å². The minimum atomic E-state index is -3.71. The van der Waals surface area contributed by atoms with Crippen LogP contribution in [-0.2, 0) is 41.6 Å². The molecular formula is C29H45N3O7S. The molecule has 2 atom stereocenters. The summed E-state index contributed by atoms with van der Waals surface area (Å²) >= 11 is 0. The first-order valence-corrected chi connectivity index (χ1v) is 14.8. The van der Waals surface area contributed by atoms with Crippen LogP contribution < -0.4 is 21.1 Å². The molecule has 2 unspecified atom stereocenters. The van der Waals surface area contributed by atoms with Crippen LogP contribution >= 0.6 is 0 Å². The Morgan fingerprint density at radius 1 is 1.02 bits per heavy atom. The predicted molar refractivity (Wildman–Crippen MR) is 158 cm³/mol. The smallest absolute Gasteiger partial charge is 0.264 e. The summed E-state index contributed by atoms with van der Waals surface area (Å²) in [6.07, 6.45) is 2.98. The van der Waals surface area contributed by atoms with Gasteiger partial charge in [0.1, 0.15) is 11.9 Å². The lowest BCUT2D eigenvalue weighted by Crippen LogP contribution is -2.44. The van der Waals surface area contributed by atoms with Gasteiger partial charge >= 0.3 is 0 Å². The van der Waals surface area contributed by atoms with Gasteiger partial charge in [0.2, 0.25) is 11.8 Å². The van der Waals surface area contributed by atoms with Crippen LogP contribution in [0, 0.1) is 0 Å². The number of nitrogens with one attached hydrogen (secondary N) is 2. The van der Waals surface area contributed by atoms with Crippen LogP contribution in [-0.4, -0.2) is 66.0 Å². The third kappa shape index (κ3) is 18.1. The Balaban J connectivity index is 0.000000893. The number of hydrogen-bond donors (Lipinski definition) is 3. The van der Waals surface area contributed by atoms with Crippen molar-refractivity contribution >= 4 is 21.9 Å². The Hall–Kier alpha value is -3.25. The summed E-state index contributed by atoms with van der Waals surface area (Å²) in [5, 5.41) is 5.12. The van der Waals surface area contributed by atoms with E-state index in [1.807, 2.05) is 54.6 Å². The van der Waals surface area contributed by atoms with Crippen LogP contribution in [0.25, 0.3) is 0 Å². The molecule has 2 rings (SSSR count). The van der Waals surface area contributed by atoms with Crippen molar-refractivity contribution in [2.24, 2.45) is 5.73 Å². The van der Waals surface area contributed by atoms with Crippen molar-refractivity contribution in [2.45, 2.75) is 51.9 Å². The number of amides is 2. The molecule has 0 heterocycles. The number of ether oxygens (including phenoxy) is 2. The zero-order chi connectivity index (χ0) is 30.4. The fraction of sp³-hybridized carbons (Fsp3) is 0.448. The second-order valence-electron chi connectivity index (χ2n) is 8.65. The zero-order valence-corrected chi connectivity index (χ0v) is 25.0. The van der Waals surface area contributed by atoms with E-state index in [4.69, 9.17) is 19.4 Å². The molecule has 11 heteroatoms. The highest BCUT2D eigenvalue weighted by Crippen LogP contribution is 2.12. The van der Waals surface area contributed by atoms with E-state index in [1.165, 1.54) is 19.1 Å². The maximum Gasteiger partial charge on any atom is 0.264 e. The van der Waals surface area contributed by atoms with E-state index in [0.29, 0.717) is 6.54 Å². The molecule has 0 aromatic heterocycles. The van der Waals surface area contributed by atoms with Gasteiger partial charge in [0.15, 0.2) is 0 Å². The molecule has 0 bridgehead atoms. The number of methoxy groups -OCH3 is 2. The normalized spacial score (nSPS) is 11.8. The molecule has 224 valence electrons. The molecule has 0 saturated carbocycles. The molecule has 2 amide bonds. The van der Waals surface area contributed by atoms with E-state index < -0.39 is 28.2 Å². The van der Waals surface area contributed by atoms with Gasteiger partial charge < -0.3 is 25.8 Å². The van der Waals surface area contributed by atoms with Crippen molar-refractivity contribution in [3.8, 4) is 5.75 Å². The first-order valence-electron chi connectivity index (χ1n) is 13.0. The predicted octanol–water partition coefficient (Wildman–Crippen LogP) is 2.97. The van der Waals surface area contributed by atoms with Gasteiger partial charge in [0.25, 0.3) is 10.1 Å². The highest BCUT2D eigenvalue weighted by Gasteiger charge is 2.25. The Morgan fingerprint density at radius 2 is 1.65 bits per heavy atom. The highest BCUT2D eigenvalue weighted by atomic mass is 32.2. The van der Waals surface area contributed by atoms with Gasteiger partial charge in [-0.25, -0.2) is 0 Å². The first kappa shape index (κ1) is 36.8. The van der Waals surface area contributed by atoms with Crippen LogP contribution in [0.5, 0.6) is 5.75 Å². The number of nitrogens with two attached hydrogens (primary N) is 1. The summed E-state index contributed by atoms with van der Waals surface area (Å²) in [5.74, 6) is -0.0120. The monoisotopic (exact) mass is 579 g/mol. The maximum atomic E-state index is 12.1. The second-order valence-corrected chi connectivity index (χ2v) is 10.3. The summed E-state index contributed by atoms with van der Waals surface area (Å²) in [7, 11) is -0.733. The standard InChI is InChI=1S/C16H25N3O6S.C10H12O.C3H8/c1-24-14(8-13(9-17)25-26(2,22)23)16(21)19-11-15(20)18-10-12-6-4-3-5-7-12;1-3-5-9-6-4-7-10(8-9)11-2;1-3-2/h3-7,13-14H,8-11,17H2,1-2H3,(H,18,20)(H,19,21);3-4,6-8H,1,5H2,2H3;3H2,1-2H3. The van der Waals surface area contributed by atoms with Gasteiger partial charge in [-0.1, -0.05) is 68.8 Å². The van der Waals surface area contributed by atoms with Gasteiger partial charge in [-0.3, -0.25) is 13.8 Å². The number of rotatable bonds is 14. The largest absolute Gasteiger partial charge is 0.497 e. The second kappa shape index (κ2) is 21.6. The van der Waals surface area contributed by atoms with E-state index in [0.717, 1.165) is 24.0 Å². The molecule has 10 nitrogen and oxygen atoms in total. The highest BCUT2D eigenvalue weighted by molar-refractivity contribution is 7.86. The molecule has 0 aliphatic heterocycles. The molecule has 0 fully saturated rings. The van der Waals surface area contributed by atoms with Crippen LogP contribution in [0.3, 0.4) is 0 Å². The van der Waals surface area contributed by atoms with Gasteiger partial charge in [-0.15, -0.1) is 6.58 Å². The lowest BCUT2D eigenvalue weighted by Gasteiger charge is -2.20. The Kier molecular flexibility index (Phi) is 19.8. The summed E-state index contributed by atoms with van der Waals surface area (Å²) in [6.45, 7) is 7.94. The Labute approximate surface area is 239 Å². The van der Waals surface area contributed by atoms with E-state index in [9.17, 15) is 18.0 Å². The Morgan fingerprint density at radius 3 is 2.17 bits per heavy atom. The maximum absolute atomic E-state index is 12.1. The number of allylic oxidation sites excluding steroid dienone is 1. The lowest BCUT2D eigenvalue weighted by molar-refractivity contribution is -0.134. The summed E-state index contributed by atoms with van der Waals surface area (Å²) in [5.41, 5.74) is 7.63. The van der Waals surface area contributed by atoms with Crippen molar-refractivity contribution in [3.05, 3.63) is 78.4 Å². The van der Waals surface area contributed by atoms with Crippen LogP contribution in [0.1, 0.15) is 37.8 Å². The van der Waals surface area contributed by atoms with Crippen LogP contribution in [0.15, 0.2) is 67.3 Å². The molecule has 4 N–H and O–H groups in total. The molecule has 0 radical (unpaired) electrons. The van der Waals surface area contributed by atoms with E-state index in [-0.39, 0.29) is 25.4 Å². The number of benzene rings is 2. The van der Waals surface area contributed by atoms with E-state index in [1.54, 1.807) is 7.11 Å². The van der Waals surface area contributed by atoms with Crippen molar-refractivity contribution in [1.29, 1.82) is 0 Å². The van der Waals surface area contributed by atoms with E-state index >= 15 is 0 Å². The topological polar surface area (TPSA) is 146 Å². The third-order valence-corrected chi connectivity index (χ3v) is 5.52. The summed E-state index contributed by atoms with van der Waals surface area (Å²) in [4.78, 5) is 23.9. The molecule has 40 heavy (non-hydrogen) atoms. The van der Waals surface area contributed by atoms with E-state index in [2.05, 4.69) is 37.1 Å². The average Bonchev–Trinajstić information content (AvgIpc) is 2.93.